The van der Waals surface area contributed by atoms with Gasteiger partial charge in [-0.3, -0.25) is 9.59 Å². The van der Waals surface area contributed by atoms with E-state index in [1.165, 1.54) is 12.1 Å². The highest BCUT2D eigenvalue weighted by Crippen LogP contribution is 2.27. The number of carboxylic acid groups (broad SMARTS) is 1. The van der Waals surface area contributed by atoms with E-state index >= 15 is 0 Å². The van der Waals surface area contributed by atoms with Gasteiger partial charge in [0, 0.05) is 12.1 Å². The maximum Gasteiger partial charge on any atom is 0.306 e. The summed E-state index contributed by atoms with van der Waals surface area (Å²) in [5.74, 6) is -2.15. The van der Waals surface area contributed by atoms with Crippen molar-refractivity contribution in [2.75, 3.05) is 0 Å². The lowest BCUT2D eigenvalue weighted by Gasteiger charge is -2.13. The fourth-order valence-corrected chi connectivity index (χ4v) is 2.31. The number of phenolic OH excluding ortho intramolecular Hbond substituents is 2. The summed E-state index contributed by atoms with van der Waals surface area (Å²) in [7, 11) is 0. The summed E-state index contributed by atoms with van der Waals surface area (Å²) in [4.78, 5) is 22.7. The Morgan fingerprint density at radius 2 is 1.95 bits per heavy atom. The second-order valence-corrected chi connectivity index (χ2v) is 4.72. The fraction of sp³-hybridized carbons (Fsp3) is 0.385. The molecule has 1 amide bonds. The number of carbonyl (C=O) groups excluding carboxylic acids is 1. The Kier molecular flexibility index (Phi) is 3.59. The number of hydrogen-bond acceptors (Lipinski definition) is 4. The van der Waals surface area contributed by atoms with E-state index in [1.807, 2.05) is 0 Å². The number of carbonyl (C=O) groups is 2. The topological polar surface area (TPSA) is 107 Å². The van der Waals surface area contributed by atoms with Gasteiger partial charge < -0.3 is 20.6 Å². The van der Waals surface area contributed by atoms with Crippen molar-refractivity contribution in [3.05, 3.63) is 23.8 Å². The van der Waals surface area contributed by atoms with Gasteiger partial charge in [0.1, 0.15) is 11.5 Å². The van der Waals surface area contributed by atoms with Gasteiger partial charge in [-0.05, 0) is 31.4 Å². The molecule has 2 rings (SSSR count). The molecule has 6 heteroatoms. The van der Waals surface area contributed by atoms with Gasteiger partial charge >= 0.3 is 5.97 Å². The number of aliphatic carboxylic acids is 1. The van der Waals surface area contributed by atoms with Gasteiger partial charge in [-0.1, -0.05) is 0 Å². The first kappa shape index (κ1) is 13.2. The van der Waals surface area contributed by atoms with Crippen LogP contribution in [-0.4, -0.2) is 33.2 Å². The van der Waals surface area contributed by atoms with E-state index in [-0.39, 0.29) is 23.1 Å². The molecule has 1 saturated carbocycles. The van der Waals surface area contributed by atoms with Crippen molar-refractivity contribution in [2.45, 2.75) is 25.3 Å². The lowest BCUT2D eigenvalue weighted by atomic mass is 10.1. The van der Waals surface area contributed by atoms with E-state index in [4.69, 9.17) is 10.2 Å². The molecular weight excluding hydrogens is 250 g/mol. The average molecular weight is 265 g/mol. The quantitative estimate of drug-likeness (QED) is 0.654. The van der Waals surface area contributed by atoms with E-state index in [0.29, 0.717) is 19.3 Å². The minimum atomic E-state index is -0.843. The van der Waals surface area contributed by atoms with Crippen molar-refractivity contribution in [3.8, 4) is 11.5 Å². The molecule has 4 N–H and O–H groups in total. The summed E-state index contributed by atoms with van der Waals surface area (Å²) >= 11 is 0. The first-order valence-electron chi connectivity index (χ1n) is 6.03. The molecule has 6 nitrogen and oxygen atoms in total. The monoisotopic (exact) mass is 265 g/mol. The Balaban J connectivity index is 2.00. The molecule has 2 unspecified atom stereocenters. The van der Waals surface area contributed by atoms with Crippen LogP contribution < -0.4 is 5.32 Å². The van der Waals surface area contributed by atoms with Crippen LogP contribution in [0.4, 0.5) is 0 Å². The van der Waals surface area contributed by atoms with Gasteiger partial charge in [0.05, 0.1) is 11.5 Å². The fourth-order valence-electron chi connectivity index (χ4n) is 2.31. The molecule has 102 valence electrons. The van der Waals surface area contributed by atoms with Crippen molar-refractivity contribution in [2.24, 2.45) is 5.92 Å². The summed E-state index contributed by atoms with van der Waals surface area (Å²) in [5, 5.41) is 30.3. The van der Waals surface area contributed by atoms with Gasteiger partial charge in [0.2, 0.25) is 0 Å². The van der Waals surface area contributed by atoms with Crippen molar-refractivity contribution in [3.63, 3.8) is 0 Å². The SMILES string of the molecule is O=C(NC1CCC(C(=O)O)C1)c1ccc(O)cc1O. The van der Waals surface area contributed by atoms with Gasteiger partial charge in [-0.2, -0.15) is 0 Å². The predicted octanol–water partition coefficient (Wildman–Crippen LogP) is 1.08. The van der Waals surface area contributed by atoms with Gasteiger partial charge in [0.15, 0.2) is 0 Å². The molecular formula is C13H15NO5. The highest BCUT2D eigenvalue weighted by Gasteiger charge is 2.30. The smallest absolute Gasteiger partial charge is 0.306 e. The van der Waals surface area contributed by atoms with Gasteiger partial charge in [0.25, 0.3) is 5.91 Å². The molecule has 0 heterocycles. The third-order valence-electron chi connectivity index (χ3n) is 3.34. The van der Waals surface area contributed by atoms with Gasteiger partial charge in [-0.15, -0.1) is 0 Å². The van der Waals surface area contributed by atoms with Crippen LogP contribution in [0.2, 0.25) is 0 Å². The van der Waals surface area contributed by atoms with Crippen molar-refractivity contribution in [1.29, 1.82) is 0 Å². The lowest BCUT2D eigenvalue weighted by Crippen LogP contribution is -2.33. The highest BCUT2D eigenvalue weighted by molar-refractivity contribution is 5.97. The summed E-state index contributed by atoms with van der Waals surface area (Å²) in [6, 6.07) is 3.53. The Morgan fingerprint density at radius 3 is 2.53 bits per heavy atom. The lowest BCUT2D eigenvalue weighted by molar-refractivity contribution is -0.141. The average Bonchev–Trinajstić information content (AvgIpc) is 2.77. The molecule has 0 aliphatic heterocycles. The maximum absolute atomic E-state index is 11.9. The number of aromatic hydroxyl groups is 2. The largest absolute Gasteiger partial charge is 0.508 e. The van der Waals surface area contributed by atoms with Crippen molar-refractivity contribution >= 4 is 11.9 Å². The van der Waals surface area contributed by atoms with E-state index in [1.54, 1.807) is 0 Å². The molecule has 1 aromatic rings. The van der Waals surface area contributed by atoms with E-state index < -0.39 is 17.8 Å². The second-order valence-electron chi connectivity index (χ2n) is 4.72. The molecule has 0 bridgehead atoms. The molecule has 1 aliphatic rings. The van der Waals surface area contributed by atoms with E-state index in [2.05, 4.69) is 5.32 Å². The Labute approximate surface area is 109 Å². The number of rotatable bonds is 3. The van der Waals surface area contributed by atoms with Crippen LogP contribution in [0.5, 0.6) is 11.5 Å². The normalized spacial score (nSPS) is 22.1. The summed E-state index contributed by atoms with van der Waals surface area (Å²) in [6.07, 6.45) is 1.56. The number of amides is 1. The first-order valence-corrected chi connectivity index (χ1v) is 6.03. The van der Waals surface area contributed by atoms with Gasteiger partial charge in [-0.25, -0.2) is 0 Å². The Morgan fingerprint density at radius 1 is 1.21 bits per heavy atom. The molecule has 0 radical (unpaired) electrons. The zero-order valence-corrected chi connectivity index (χ0v) is 10.2. The third kappa shape index (κ3) is 2.96. The van der Waals surface area contributed by atoms with Crippen molar-refractivity contribution in [1.82, 2.24) is 5.32 Å². The van der Waals surface area contributed by atoms with Crippen LogP contribution in [0.1, 0.15) is 29.6 Å². The third-order valence-corrected chi connectivity index (χ3v) is 3.34. The number of phenols is 2. The van der Waals surface area contributed by atoms with Crippen LogP contribution in [-0.2, 0) is 4.79 Å². The van der Waals surface area contributed by atoms with Crippen LogP contribution in [0.3, 0.4) is 0 Å². The minimum Gasteiger partial charge on any atom is -0.508 e. The molecule has 0 aromatic heterocycles. The zero-order chi connectivity index (χ0) is 14.0. The standard InChI is InChI=1S/C13H15NO5/c15-9-3-4-10(11(16)6-9)12(17)14-8-2-1-7(5-8)13(18)19/h3-4,6-8,15-16H,1-2,5H2,(H,14,17)(H,18,19). The summed E-state index contributed by atoms with van der Waals surface area (Å²) < 4.78 is 0. The van der Waals surface area contributed by atoms with Crippen LogP contribution >= 0.6 is 0 Å². The first-order chi connectivity index (χ1) is 8.97. The molecule has 0 spiro atoms. The molecule has 1 aliphatic carbocycles. The molecule has 1 aromatic carbocycles. The molecule has 0 saturated heterocycles. The number of benzene rings is 1. The summed E-state index contributed by atoms with van der Waals surface area (Å²) in [5.41, 5.74) is 0.0663. The van der Waals surface area contributed by atoms with Crippen molar-refractivity contribution < 1.29 is 24.9 Å². The van der Waals surface area contributed by atoms with Crippen LogP contribution in [0, 0.1) is 5.92 Å². The maximum atomic E-state index is 11.9. The van der Waals surface area contributed by atoms with Crippen LogP contribution in [0.25, 0.3) is 0 Å². The molecule has 1 fully saturated rings. The second kappa shape index (κ2) is 5.17. The zero-order valence-electron chi connectivity index (χ0n) is 10.2. The molecule has 19 heavy (non-hydrogen) atoms. The number of nitrogens with one attached hydrogen (secondary N) is 1. The Bertz CT molecular complexity index is 514. The molecule has 2 atom stereocenters. The minimum absolute atomic E-state index is 0.0663. The highest BCUT2D eigenvalue weighted by atomic mass is 16.4. The van der Waals surface area contributed by atoms with E-state index in [0.717, 1.165) is 6.07 Å². The predicted molar refractivity (Wildman–Crippen MR) is 66.0 cm³/mol. The summed E-state index contributed by atoms with van der Waals surface area (Å²) in [6.45, 7) is 0. The van der Waals surface area contributed by atoms with E-state index in [9.17, 15) is 14.7 Å². The Hall–Kier alpha value is -2.24. The van der Waals surface area contributed by atoms with Crippen LogP contribution in [0.15, 0.2) is 18.2 Å². The number of hydrogen-bond donors (Lipinski definition) is 4. The number of carboxylic acids is 1.